The van der Waals surface area contributed by atoms with Gasteiger partial charge in [0.05, 0.1) is 5.60 Å². The molecule has 1 saturated heterocycles. The SMILES string of the molecule is CCNCC(C)(CN1CCCC(C)(O)C1)c1ccccc1. The molecule has 0 radical (unpaired) electrons. The van der Waals surface area contributed by atoms with Gasteiger partial charge >= 0.3 is 0 Å². The number of rotatable bonds is 6. The van der Waals surface area contributed by atoms with Gasteiger partial charge in [-0.3, -0.25) is 4.90 Å². The predicted molar refractivity (Wildman–Crippen MR) is 88.6 cm³/mol. The van der Waals surface area contributed by atoms with Crippen molar-refractivity contribution in [2.75, 3.05) is 32.7 Å². The van der Waals surface area contributed by atoms with E-state index in [0.29, 0.717) is 0 Å². The molecule has 3 heteroatoms. The number of aliphatic hydroxyl groups is 1. The lowest BCUT2D eigenvalue weighted by atomic mass is 9.80. The second-order valence-electron chi connectivity index (χ2n) is 7.02. The molecule has 1 aliphatic rings. The van der Waals surface area contributed by atoms with Crippen molar-refractivity contribution >= 4 is 0 Å². The molecule has 0 aliphatic carbocycles. The van der Waals surface area contributed by atoms with E-state index >= 15 is 0 Å². The normalized spacial score (nSPS) is 26.5. The topological polar surface area (TPSA) is 35.5 Å². The maximum atomic E-state index is 10.3. The number of β-amino-alcohol motifs (C(OH)–C–C–N with tert-alkyl or cyclic N) is 1. The van der Waals surface area contributed by atoms with Crippen molar-refractivity contribution in [3.8, 4) is 0 Å². The molecule has 0 aromatic heterocycles. The zero-order chi connectivity index (χ0) is 15.3. The maximum Gasteiger partial charge on any atom is 0.0746 e. The molecule has 2 unspecified atom stereocenters. The molecule has 1 aromatic carbocycles. The van der Waals surface area contributed by atoms with Crippen LogP contribution in [0.15, 0.2) is 30.3 Å². The fraction of sp³-hybridized carbons (Fsp3) is 0.667. The van der Waals surface area contributed by atoms with Gasteiger partial charge in [-0.2, -0.15) is 0 Å². The molecule has 1 aromatic rings. The minimum atomic E-state index is -0.534. The van der Waals surface area contributed by atoms with Crippen LogP contribution >= 0.6 is 0 Å². The lowest BCUT2D eigenvalue weighted by molar-refractivity contribution is -0.0213. The Morgan fingerprint density at radius 2 is 2.05 bits per heavy atom. The third-order valence-corrected chi connectivity index (χ3v) is 4.56. The first-order chi connectivity index (χ1) is 9.95. The van der Waals surface area contributed by atoms with Crippen LogP contribution in [0.5, 0.6) is 0 Å². The van der Waals surface area contributed by atoms with E-state index in [9.17, 15) is 5.11 Å². The second-order valence-corrected chi connectivity index (χ2v) is 7.02. The number of piperidine rings is 1. The van der Waals surface area contributed by atoms with Crippen LogP contribution in [-0.4, -0.2) is 48.3 Å². The molecule has 0 spiro atoms. The first kappa shape index (κ1) is 16.5. The van der Waals surface area contributed by atoms with Gasteiger partial charge in [-0.05, 0) is 38.4 Å². The van der Waals surface area contributed by atoms with Gasteiger partial charge in [-0.15, -0.1) is 0 Å². The summed E-state index contributed by atoms with van der Waals surface area (Å²) in [6.45, 7) is 11.2. The number of likely N-dealkylation sites (N-methyl/N-ethyl adjacent to an activating group) is 1. The molecule has 0 saturated carbocycles. The average Bonchev–Trinajstić information content (AvgIpc) is 2.45. The van der Waals surface area contributed by atoms with Crippen LogP contribution < -0.4 is 5.32 Å². The van der Waals surface area contributed by atoms with E-state index < -0.39 is 5.60 Å². The van der Waals surface area contributed by atoms with Crippen molar-refractivity contribution in [3.05, 3.63) is 35.9 Å². The quantitative estimate of drug-likeness (QED) is 0.844. The number of hydrogen-bond acceptors (Lipinski definition) is 3. The molecule has 21 heavy (non-hydrogen) atoms. The molecular formula is C18H30N2O. The van der Waals surface area contributed by atoms with E-state index in [1.807, 2.05) is 6.92 Å². The fourth-order valence-corrected chi connectivity index (χ4v) is 3.44. The van der Waals surface area contributed by atoms with Crippen LogP contribution in [0.1, 0.15) is 39.2 Å². The highest BCUT2D eigenvalue weighted by atomic mass is 16.3. The number of hydrogen-bond donors (Lipinski definition) is 2. The molecule has 1 heterocycles. The van der Waals surface area contributed by atoms with Crippen molar-refractivity contribution in [1.82, 2.24) is 10.2 Å². The van der Waals surface area contributed by atoms with E-state index in [-0.39, 0.29) is 5.41 Å². The van der Waals surface area contributed by atoms with Crippen LogP contribution in [0.3, 0.4) is 0 Å². The van der Waals surface area contributed by atoms with Crippen molar-refractivity contribution in [3.63, 3.8) is 0 Å². The number of likely N-dealkylation sites (tertiary alicyclic amines) is 1. The van der Waals surface area contributed by atoms with Crippen molar-refractivity contribution < 1.29 is 5.11 Å². The Bertz CT molecular complexity index is 432. The molecule has 0 bridgehead atoms. The fourth-order valence-electron chi connectivity index (χ4n) is 3.44. The summed E-state index contributed by atoms with van der Waals surface area (Å²) in [5.74, 6) is 0. The van der Waals surface area contributed by atoms with E-state index in [0.717, 1.165) is 45.6 Å². The third kappa shape index (κ3) is 4.53. The van der Waals surface area contributed by atoms with Gasteiger partial charge < -0.3 is 10.4 Å². The number of nitrogens with one attached hydrogen (secondary N) is 1. The molecule has 118 valence electrons. The standard InChI is InChI=1S/C18H30N2O/c1-4-19-13-17(2,16-9-6-5-7-10-16)14-20-12-8-11-18(3,21)15-20/h5-7,9-10,19,21H,4,8,11-15H2,1-3H3. The molecule has 2 N–H and O–H groups in total. The van der Waals surface area contributed by atoms with Gasteiger partial charge in [0, 0.05) is 25.0 Å². The Labute approximate surface area is 129 Å². The van der Waals surface area contributed by atoms with Gasteiger partial charge in [0.15, 0.2) is 0 Å². The molecule has 1 aliphatic heterocycles. The van der Waals surface area contributed by atoms with Crippen molar-refractivity contribution in [1.29, 1.82) is 0 Å². The maximum absolute atomic E-state index is 10.3. The average molecular weight is 290 g/mol. The molecule has 2 atom stereocenters. The van der Waals surface area contributed by atoms with E-state index in [1.54, 1.807) is 0 Å². The van der Waals surface area contributed by atoms with Gasteiger partial charge in [0.25, 0.3) is 0 Å². The monoisotopic (exact) mass is 290 g/mol. The Morgan fingerprint density at radius 3 is 2.67 bits per heavy atom. The lowest BCUT2D eigenvalue weighted by Gasteiger charge is -2.42. The highest BCUT2D eigenvalue weighted by Crippen LogP contribution is 2.28. The summed E-state index contributed by atoms with van der Waals surface area (Å²) in [5, 5.41) is 13.8. The smallest absolute Gasteiger partial charge is 0.0746 e. The van der Waals surface area contributed by atoms with Crippen LogP contribution in [0.25, 0.3) is 0 Å². The predicted octanol–water partition coefficient (Wildman–Crippen LogP) is 2.40. The minimum absolute atomic E-state index is 0.0741. The summed E-state index contributed by atoms with van der Waals surface area (Å²) in [6, 6.07) is 10.7. The highest BCUT2D eigenvalue weighted by molar-refractivity contribution is 5.25. The summed E-state index contributed by atoms with van der Waals surface area (Å²) in [5.41, 5.74) is 0.912. The number of nitrogens with zero attached hydrogens (tertiary/aromatic N) is 1. The third-order valence-electron chi connectivity index (χ3n) is 4.56. The zero-order valence-corrected chi connectivity index (χ0v) is 13.7. The van der Waals surface area contributed by atoms with Crippen molar-refractivity contribution in [2.45, 2.75) is 44.6 Å². The Balaban J connectivity index is 2.12. The zero-order valence-electron chi connectivity index (χ0n) is 13.7. The molecule has 2 rings (SSSR count). The van der Waals surface area contributed by atoms with Gasteiger partial charge in [0.1, 0.15) is 0 Å². The molecular weight excluding hydrogens is 260 g/mol. The Morgan fingerprint density at radius 1 is 1.33 bits per heavy atom. The Kier molecular flexibility index (Phi) is 5.42. The second kappa shape index (κ2) is 6.91. The van der Waals surface area contributed by atoms with E-state index in [2.05, 4.69) is 54.4 Å². The summed E-state index contributed by atoms with van der Waals surface area (Å²) < 4.78 is 0. The largest absolute Gasteiger partial charge is 0.389 e. The highest BCUT2D eigenvalue weighted by Gasteiger charge is 2.34. The molecule has 1 fully saturated rings. The minimum Gasteiger partial charge on any atom is -0.389 e. The molecule has 3 nitrogen and oxygen atoms in total. The number of benzene rings is 1. The first-order valence-electron chi connectivity index (χ1n) is 8.16. The summed E-state index contributed by atoms with van der Waals surface area (Å²) in [7, 11) is 0. The van der Waals surface area contributed by atoms with Crippen LogP contribution in [0.2, 0.25) is 0 Å². The van der Waals surface area contributed by atoms with Crippen molar-refractivity contribution in [2.24, 2.45) is 0 Å². The lowest BCUT2D eigenvalue weighted by Crippen LogP contribution is -2.52. The van der Waals surface area contributed by atoms with Gasteiger partial charge in [-0.25, -0.2) is 0 Å². The first-order valence-corrected chi connectivity index (χ1v) is 8.16. The van der Waals surface area contributed by atoms with Crippen LogP contribution in [0, 0.1) is 0 Å². The van der Waals surface area contributed by atoms with Crippen LogP contribution in [-0.2, 0) is 5.41 Å². The van der Waals surface area contributed by atoms with Gasteiger partial charge in [-0.1, -0.05) is 44.2 Å². The Hall–Kier alpha value is -0.900. The van der Waals surface area contributed by atoms with Gasteiger partial charge in [0.2, 0.25) is 0 Å². The van der Waals surface area contributed by atoms with Crippen LogP contribution in [0.4, 0.5) is 0 Å². The summed E-state index contributed by atoms with van der Waals surface area (Å²) >= 11 is 0. The summed E-state index contributed by atoms with van der Waals surface area (Å²) in [6.07, 6.45) is 2.00. The molecule has 0 amide bonds. The summed E-state index contributed by atoms with van der Waals surface area (Å²) in [4.78, 5) is 2.42. The van der Waals surface area contributed by atoms with E-state index in [4.69, 9.17) is 0 Å². The van der Waals surface area contributed by atoms with E-state index in [1.165, 1.54) is 5.56 Å².